The normalized spacial score (nSPS) is 16.8. The van der Waals surface area contributed by atoms with Crippen molar-refractivity contribution in [2.75, 3.05) is 19.6 Å². The van der Waals surface area contributed by atoms with Gasteiger partial charge in [0.15, 0.2) is 0 Å². The smallest absolute Gasteiger partial charge is 0.143 e. The summed E-state index contributed by atoms with van der Waals surface area (Å²) in [5, 5.41) is 0. The van der Waals surface area contributed by atoms with Gasteiger partial charge in [-0.3, -0.25) is 9.69 Å². The molecule has 0 N–H and O–H groups in total. The molecule has 0 bridgehead atoms. The lowest BCUT2D eigenvalue weighted by Crippen LogP contribution is -2.36. The fraction of sp³-hybridized carbons (Fsp3) is 0.562. The Morgan fingerprint density at radius 2 is 1.72 bits per heavy atom. The molecule has 0 radical (unpaired) electrons. The molecule has 2 heteroatoms. The average Bonchev–Trinajstić information content (AvgIpc) is 2.42. The van der Waals surface area contributed by atoms with E-state index in [0.29, 0.717) is 12.5 Å². The summed E-state index contributed by atoms with van der Waals surface area (Å²) in [5.74, 6) is 0.961. The quantitative estimate of drug-likeness (QED) is 0.815. The lowest BCUT2D eigenvalue weighted by molar-refractivity contribution is -0.118. The summed E-state index contributed by atoms with van der Waals surface area (Å²) < 4.78 is 0. The molecule has 2 nitrogen and oxygen atoms in total. The van der Waals surface area contributed by atoms with Crippen molar-refractivity contribution in [2.45, 2.75) is 39.5 Å². The first-order chi connectivity index (χ1) is 8.75. The fourth-order valence-electron chi connectivity index (χ4n) is 2.46. The van der Waals surface area contributed by atoms with Crippen LogP contribution in [0.4, 0.5) is 0 Å². The summed E-state index contributed by atoms with van der Waals surface area (Å²) in [4.78, 5) is 13.3. The van der Waals surface area contributed by atoms with Crippen molar-refractivity contribution in [3.8, 4) is 0 Å². The van der Waals surface area contributed by atoms with Crippen LogP contribution in [0, 0.1) is 0 Å². The van der Waals surface area contributed by atoms with Crippen molar-refractivity contribution >= 4 is 5.78 Å². The molecule has 2 rings (SSSR count). The Morgan fingerprint density at radius 3 is 2.22 bits per heavy atom. The minimum atomic E-state index is 0.276. The van der Waals surface area contributed by atoms with E-state index in [4.69, 9.17) is 0 Å². The van der Waals surface area contributed by atoms with Crippen LogP contribution in [0.2, 0.25) is 0 Å². The first-order valence-corrected chi connectivity index (χ1v) is 7.02. The number of Topliss-reactive ketones (excluding diaryl/α,β-unsaturated/α-hetero) is 1. The van der Waals surface area contributed by atoms with Crippen LogP contribution in [0.5, 0.6) is 0 Å². The van der Waals surface area contributed by atoms with E-state index < -0.39 is 0 Å². The molecule has 1 aliphatic heterocycles. The van der Waals surface area contributed by atoms with Gasteiger partial charge < -0.3 is 0 Å². The molecule has 1 aliphatic rings. The van der Waals surface area contributed by atoms with Gasteiger partial charge in [-0.2, -0.15) is 0 Å². The molecule has 0 atom stereocenters. The largest absolute Gasteiger partial charge is 0.299 e. The minimum absolute atomic E-state index is 0.276. The standard InChI is InChI=1S/C14H19NO.C2H6/c1-12(16)11-15-9-7-14(8-10-15)13-5-3-2-4-6-13;1-2/h2-6,14H,7-11H2,1H3;1-2H3. The predicted molar refractivity (Wildman–Crippen MR) is 76.9 cm³/mol. The molecule has 0 aliphatic carbocycles. The molecule has 18 heavy (non-hydrogen) atoms. The molecular formula is C16H25NO. The van der Waals surface area contributed by atoms with Crippen molar-refractivity contribution in [3.63, 3.8) is 0 Å². The number of likely N-dealkylation sites (tertiary alicyclic amines) is 1. The second kappa shape index (κ2) is 8.04. The highest BCUT2D eigenvalue weighted by atomic mass is 16.1. The molecule has 1 saturated heterocycles. The number of nitrogens with zero attached hydrogens (tertiary/aromatic N) is 1. The van der Waals surface area contributed by atoms with E-state index in [-0.39, 0.29) is 5.78 Å². The minimum Gasteiger partial charge on any atom is -0.299 e. The lowest BCUT2D eigenvalue weighted by Gasteiger charge is -2.31. The third-order valence-corrected chi connectivity index (χ3v) is 3.30. The van der Waals surface area contributed by atoms with E-state index in [0.717, 1.165) is 13.1 Å². The van der Waals surface area contributed by atoms with Gasteiger partial charge in [0.1, 0.15) is 5.78 Å². The van der Waals surface area contributed by atoms with Crippen molar-refractivity contribution in [2.24, 2.45) is 0 Å². The Kier molecular flexibility index (Phi) is 6.66. The van der Waals surface area contributed by atoms with Crippen LogP contribution in [0.25, 0.3) is 0 Å². The Balaban J connectivity index is 0.000000771. The number of carbonyl (C=O) groups is 1. The molecule has 0 unspecified atom stereocenters. The zero-order valence-electron chi connectivity index (χ0n) is 11.9. The van der Waals surface area contributed by atoms with Crippen LogP contribution in [-0.2, 0) is 4.79 Å². The summed E-state index contributed by atoms with van der Waals surface area (Å²) in [6.45, 7) is 8.41. The highest BCUT2D eigenvalue weighted by Crippen LogP contribution is 2.27. The maximum Gasteiger partial charge on any atom is 0.143 e. The van der Waals surface area contributed by atoms with Crippen LogP contribution in [0.15, 0.2) is 30.3 Å². The Morgan fingerprint density at radius 1 is 1.17 bits per heavy atom. The first-order valence-electron chi connectivity index (χ1n) is 7.02. The number of rotatable bonds is 3. The predicted octanol–water partition coefficient (Wildman–Crippen LogP) is 3.48. The first kappa shape index (κ1) is 14.9. The SMILES string of the molecule is CC.CC(=O)CN1CCC(c2ccccc2)CC1. The van der Waals surface area contributed by atoms with E-state index >= 15 is 0 Å². The van der Waals surface area contributed by atoms with Gasteiger partial charge in [-0.1, -0.05) is 44.2 Å². The molecule has 0 aromatic heterocycles. The third-order valence-electron chi connectivity index (χ3n) is 3.30. The van der Waals surface area contributed by atoms with Crippen LogP contribution in [0.1, 0.15) is 45.1 Å². The summed E-state index contributed by atoms with van der Waals surface area (Å²) in [6, 6.07) is 10.7. The highest BCUT2D eigenvalue weighted by molar-refractivity contribution is 5.77. The zero-order valence-corrected chi connectivity index (χ0v) is 11.9. The Bertz CT molecular complexity index is 339. The van der Waals surface area contributed by atoms with Crippen LogP contribution >= 0.6 is 0 Å². The van der Waals surface area contributed by atoms with Crippen LogP contribution in [-0.4, -0.2) is 30.3 Å². The van der Waals surface area contributed by atoms with E-state index in [1.165, 1.54) is 18.4 Å². The van der Waals surface area contributed by atoms with Crippen molar-refractivity contribution in [3.05, 3.63) is 35.9 Å². The molecular weight excluding hydrogens is 222 g/mol. The van der Waals surface area contributed by atoms with E-state index in [2.05, 4.69) is 35.2 Å². The number of hydrogen-bond donors (Lipinski definition) is 0. The van der Waals surface area contributed by atoms with Crippen molar-refractivity contribution < 1.29 is 4.79 Å². The molecule has 0 spiro atoms. The third kappa shape index (κ3) is 4.61. The topological polar surface area (TPSA) is 20.3 Å². The van der Waals surface area contributed by atoms with Crippen LogP contribution < -0.4 is 0 Å². The fourth-order valence-corrected chi connectivity index (χ4v) is 2.46. The van der Waals surface area contributed by atoms with Gasteiger partial charge in [0.05, 0.1) is 6.54 Å². The van der Waals surface area contributed by atoms with E-state index in [1.807, 2.05) is 13.8 Å². The lowest BCUT2D eigenvalue weighted by atomic mass is 9.89. The van der Waals surface area contributed by atoms with E-state index in [9.17, 15) is 4.79 Å². The van der Waals surface area contributed by atoms with Gasteiger partial charge in [0.25, 0.3) is 0 Å². The number of piperidine rings is 1. The Hall–Kier alpha value is -1.15. The molecule has 1 aromatic carbocycles. The number of carbonyl (C=O) groups excluding carboxylic acids is 1. The molecule has 1 fully saturated rings. The second-order valence-electron chi connectivity index (χ2n) is 4.66. The molecule has 100 valence electrons. The second-order valence-corrected chi connectivity index (χ2v) is 4.66. The van der Waals surface area contributed by atoms with Gasteiger partial charge >= 0.3 is 0 Å². The van der Waals surface area contributed by atoms with Gasteiger partial charge in [-0.25, -0.2) is 0 Å². The number of ketones is 1. The van der Waals surface area contributed by atoms with Crippen molar-refractivity contribution in [1.29, 1.82) is 0 Å². The van der Waals surface area contributed by atoms with Crippen LogP contribution in [0.3, 0.4) is 0 Å². The maximum absolute atomic E-state index is 11.0. The number of hydrogen-bond acceptors (Lipinski definition) is 2. The highest BCUT2D eigenvalue weighted by Gasteiger charge is 2.20. The van der Waals surface area contributed by atoms with Gasteiger partial charge in [-0.15, -0.1) is 0 Å². The summed E-state index contributed by atoms with van der Waals surface area (Å²) in [5.41, 5.74) is 1.45. The summed E-state index contributed by atoms with van der Waals surface area (Å²) in [6.07, 6.45) is 2.36. The molecule has 0 saturated carbocycles. The summed E-state index contributed by atoms with van der Waals surface area (Å²) >= 11 is 0. The Labute approximate surface area is 111 Å². The molecule has 1 heterocycles. The molecule has 1 aromatic rings. The number of benzene rings is 1. The van der Waals surface area contributed by atoms with E-state index in [1.54, 1.807) is 6.92 Å². The summed E-state index contributed by atoms with van der Waals surface area (Å²) in [7, 11) is 0. The average molecular weight is 247 g/mol. The zero-order chi connectivity index (χ0) is 13.4. The van der Waals surface area contributed by atoms with Crippen molar-refractivity contribution in [1.82, 2.24) is 4.90 Å². The molecule has 0 amide bonds. The van der Waals surface area contributed by atoms with Gasteiger partial charge in [0.2, 0.25) is 0 Å². The monoisotopic (exact) mass is 247 g/mol. The maximum atomic E-state index is 11.0. The van der Waals surface area contributed by atoms with Gasteiger partial charge in [-0.05, 0) is 44.3 Å². The van der Waals surface area contributed by atoms with Gasteiger partial charge in [0, 0.05) is 0 Å².